The highest BCUT2D eigenvalue weighted by molar-refractivity contribution is 6.31. The molecule has 0 radical (unpaired) electrons. The summed E-state index contributed by atoms with van der Waals surface area (Å²) < 4.78 is 10.9. The molecule has 0 heterocycles. The smallest absolute Gasteiger partial charge is 0.238 e. The minimum atomic E-state index is -0.0923. The molecule has 5 nitrogen and oxygen atoms in total. The van der Waals surface area contributed by atoms with Gasteiger partial charge in [0.25, 0.3) is 0 Å². The van der Waals surface area contributed by atoms with Crippen molar-refractivity contribution < 1.29 is 14.3 Å². The van der Waals surface area contributed by atoms with Crippen molar-refractivity contribution in [3.8, 4) is 11.5 Å². The van der Waals surface area contributed by atoms with E-state index in [1.807, 2.05) is 56.1 Å². The number of aryl methyl sites for hydroxylation is 1. The first-order chi connectivity index (χ1) is 12.4. The molecule has 0 aromatic heterocycles. The predicted octanol–water partition coefficient (Wildman–Crippen LogP) is 4.13. The molecule has 6 heteroatoms. The van der Waals surface area contributed by atoms with Crippen LogP contribution in [0.15, 0.2) is 36.4 Å². The fourth-order valence-electron chi connectivity index (χ4n) is 2.57. The van der Waals surface area contributed by atoms with E-state index in [4.69, 9.17) is 21.1 Å². The van der Waals surface area contributed by atoms with Crippen LogP contribution < -0.4 is 14.8 Å². The van der Waals surface area contributed by atoms with Gasteiger partial charge in [-0.2, -0.15) is 0 Å². The summed E-state index contributed by atoms with van der Waals surface area (Å²) in [6, 6.07) is 11.3. The van der Waals surface area contributed by atoms with Gasteiger partial charge >= 0.3 is 0 Å². The maximum atomic E-state index is 12.2. The highest BCUT2D eigenvalue weighted by atomic mass is 35.5. The van der Waals surface area contributed by atoms with Gasteiger partial charge in [-0.25, -0.2) is 0 Å². The van der Waals surface area contributed by atoms with E-state index < -0.39 is 0 Å². The van der Waals surface area contributed by atoms with Crippen molar-refractivity contribution in [3.63, 3.8) is 0 Å². The number of carbonyl (C=O) groups excluding carboxylic acids is 1. The van der Waals surface area contributed by atoms with Crippen molar-refractivity contribution in [1.29, 1.82) is 0 Å². The summed E-state index contributed by atoms with van der Waals surface area (Å²) in [7, 11) is 3.51. The number of carbonyl (C=O) groups is 1. The van der Waals surface area contributed by atoms with Gasteiger partial charge in [0.1, 0.15) is 0 Å². The summed E-state index contributed by atoms with van der Waals surface area (Å²) in [6.45, 7) is 5.32. The summed E-state index contributed by atoms with van der Waals surface area (Å²) in [5.41, 5.74) is 2.71. The molecule has 140 valence electrons. The molecule has 0 fully saturated rings. The van der Waals surface area contributed by atoms with Gasteiger partial charge in [0.15, 0.2) is 11.5 Å². The second-order valence-electron chi connectivity index (χ2n) is 6.10. The molecule has 0 aliphatic heterocycles. The molecular weight excluding hydrogens is 352 g/mol. The zero-order chi connectivity index (χ0) is 19.1. The predicted molar refractivity (Wildman–Crippen MR) is 105 cm³/mol. The standard InChI is InChI=1S/C20H25ClN2O3/c1-5-26-18-9-7-15(10-19(18)25-4)12-23(3)13-20(24)22-16-8-6-14(2)17(21)11-16/h6-11H,5,12-13H2,1-4H3,(H,22,24). The lowest BCUT2D eigenvalue weighted by Gasteiger charge is -2.18. The summed E-state index contributed by atoms with van der Waals surface area (Å²) in [5, 5.41) is 3.50. The molecular formula is C20H25ClN2O3. The first-order valence-electron chi connectivity index (χ1n) is 8.47. The van der Waals surface area contributed by atoms with Crippen molar-refractivity contribution >= 4 is 23.2 Å². The van der Waals surface area contributed by atoms with Gasteiger partial charge in [-0.15, -0.1) is 0 Å². The van der Waals surface area contributed by atoms with Crippen molar-refractivity contribution in [3.05, 3.63) is 52.5 Å². The van der Waals surface area contributed by atoms with Crippen LogP contribution in [0.3, 0.4) is 0 Å². The van der Waals surface area contributed by atoms with Crippen LogP contribution in [-0.4, -0.2) is 38.1 Å². The molecule has 0 aliphatic carbocycles. The van der Waals surface area contributed by atoms with E-state index in [2.05, 4.69) is 5.32 Å². The van der Waals surface area contributed by atoms with Crippen LogP contribution >= 0.6 is 11.6 Å². The second-order valence-corrected chi connectivity index (χ2v) is 6.51. The van der Waals surface area contributed by atoms with E-state index in [9.17, 15) is 4.79 Å². The average molecular weight is 377 g/mol. The zero-order valence-corrected chi connectivity index (χ0v) is 16.4. The van der Waals surface area contributed by atoms with E-state index in [0.717, 1.165) is 16.9 Å². The highest BCUT2D eigenvalue weighted by Crippen LogP contribution is 2.28. The summed E-state index contributed by atoms with van der Waals surface area (Å²) in [5.74, 6) is 1.32. The molecule has 0 aliphatic rings. The van der Waals surface area contributed by atoms with Gasteiger partial charge in [0.05, 0.1) is 20.3 Å². The fourth-order valence-corrected chi connectivity index (χ4v) is 2.75. The lowest BCUT2D eigenvalue weighted by Crippen LogP contribution is -2.29. The monoisotopic (exact) mass is 376 g/mol. The number of anilines is 1. The van der Waals surface area contributed by atoms with Gasteiger partial charge in [0.2, 0.25) is 5.91 Å². The van der Waals surface area contributed by atoms with Crippen LogP contribution in [0.2, 0.25) is 5.02 Å². The largest absolute Gasteiger partial charge is 0.493 e. The Bertz CT molecular complexity index is 765. The van der Waals surface area contributed by atoms with Gasteiger partial charge < -0.3 is 14.8 Å². The number of hydrogen-bond donors (Lipinski definition) is 1. The molecule has 0 spiro atoms. The number of nitrogens with one attached hydrogen (secondary N) is 1. The number of nitrogens with zero attached hydrogens (tertiary/aromatic N) is 1. The number of benzene rings is 2. The molecule has 0 unspecified atom stereocenters. The number of methoxy groups -OCH3 is 1. The molecule has 2 aromatic carbocycles. The van der Waals surface area contributed by atoms with Gasteiger partial charge in [-0.1, -0.05) is 23.7 Å². The third-order valence-electron chi connectivity index (χ3n) is 3.85. The van der Waals surface area contributed by atoms with Crippen LogP contribution in [-0.2, 0) is 11.3 Å². The number of hydrogen-bond acceptors (Lipinski definition) is 4. The maximum absolute atomic E-state index is 12.2. The van der Waals surface area contributed by atoms with Crippen LogP contribution in [0.4, 0.5) is 5.69 Å². The van der Waals surface area contributed by atoms with Gasteiger partial charge in [0, 0.05) is 17.3 Å². The molecule has 1 amide bonds. The van der Waals surface area contributed by atoms with Crippen LogP contribution in [0.5, 0.6) is 11.5 Å². The molecule has 26 heavy (non-hydrogen) atoms. The number of halogens is 1. The number of likely N-dealkylation sites (N-methyl/N-ethyl adjacent to an activating group) is 1. The Morgan fingerprint density at radius 3 is 2.62 bits per heavy atom. The van der Waals surface area contributed by atoms with Crippen LogP contribution in [0.25, 0.3) is 0 Å². The molecule has 2 aromatic rings. The number of ether oxygens (including phenoxy) is 2. The molecule has 0 atom stereocenters. The molecule has 1 N–H and O–H groups in total. The van der Waals surface area contributed by atoms with E-state index in [1.54, 1.807) is 13.2 Å². The third kappa shape index (κ3) is 5.64. The molecule has 0 bridgehead atoms. The zero-order valence-electron chi connectivity index (χ0n) is 15.6. The molecule has 0 saturated carbocycles. The SMILES string of the molecule is CCOc1ccc(CN(C)CC(=O)Nc2ccc(C)c(Cl)c2)cc1OC. The van der Waals surface area contributed by atoms with Gasteiger partial charge in [-0.3, -0.25) is 9.69 Å². The Morgan fingerprint density at radius 1 is 1.19 bits per heavy atom. The first-order valence-corrected chi connectivity index (χ1v) is 8.85. The first kappa shape index (κ1) is 20.1. The topological polar surface area (TPSA) is 50.8 Å². The van der Waals surface area contributed by atoms with Crippen LogP contribution in [0.1, 0.15) is 18.1 Å². The minimum Gasteiger partial charge on any atom is -0.493 e. The van der Waals surface area contributed by atoms with Crippen molar-refractivity contribution in [1.82, 2.24) is 4.90 Å². The van der Waals surface area contributed by atoms with Crippen molar-refractivity contribution in [2.75, 3.05) is 32.6 Å². The molecule has 0 saturated heterocycles. The molecule has 2 rings (SSSR count). The Kier molecular flexibility index (Phi) is 7.30. The van der Waals surface area contributed by atoms with E-state index in [0.29, 0.717) is 29.6 Å². The van der Waals surface area contributed by atoms with Crippen LogP contribution in [0, 0.1) is 6.92 Å². The van der Waals surface area contributed by atoms with E-state index >= 15 is 0 Å². The lowest BCUT2D eigenvalue weighted by atomic mass is 10.2. The minimum absolute atomic E-state index is 0.0923. The summed E-state index contributed by atoms with van der Waals surface area (Å²) >= 11 is 6.09. The van der Waals surface area contributed by atoms with Crippen molar-refractivity contribution in [2.45, 2.75) is 20.4 Å². The summed E-state index contributed by atoms with van der Waals surface area (Å²) in [4.78, 5) is 14.2. The lowest BCUT2D eigenvalue weighted by molar-refractivity contribution is -0.117. The Labute approximate surface area is 159 Å². The Balaban J connectivity index is 1.94. The summed E-state index contributed by atoms with van der Waals surface area (Å²) in [6.07, 6.45) is 0. The second kappa shape index (κ2) is 9.46. The third-order valence-corrected chi connectivity index (χ3v) is 4.26. The van der Waals surface area contributed by atoms with E-state index in [-0.39, 0.29) is 12.5 Å². The number of amides is 1. The number of rotatable bonds is 8. The Hall–Kier alpha value is -2.24. The van der Waals surface area contributed by atoms with E-state index in [1.165, 1.54) is 0 Å². The quantitative estimate of drug-likeness (QED) is 0.752. The normalized spacial score (nSPS) is 10.7. The van der Waals surface area contributed by atoms with Crippen molar-refractivity contribution in [2.24, 2.45) is 0 Å². The Morgan fingerprint density at radius 2 is 1.96 bits per heavy atom. The highest BCUT2D eigenvalue weighted by Gasteiger charge is 2.11. The van der Waals surface area contributed by atoms with Gasteiger partial charge in [-0.05, 0) is 56.3 Å². The average Bonchev–Trinajstić information content (AvgIpc) is 2.59. The maximum Gasteiger partial charge on any atom is 0.238 e. The fraction of sp³-hybridized carbons (Fsp3) is 0.350.